The molecule has 0 rings (SSSR count). The Balaban J connectivity index is 4.24. The molecule has 0 unspecified atom stereocenters. The number of nitrogens with zero attached hydrogens (tertiary/aromatic N) is 1. The molecule has 0 saturated carbocycles. The van der Waals surface area contributed by atoms with Crippen molar-refractivity contribution in [3.63, 3.8) is 0 Å². The zero-order valence-corrected chi connectivity index (χ0v) is 16.6. The average molecular weight is 313 g/mol. The molecule has 0 spiro atoms. The van der Waals surface area contributed by atoms with Crippen LogP contribution in [0.2, 0.25) is 0 Å². The van der Waals surface area contributed by atoms with Crippen LogP contribution in [-0.4, -0.2) is 31.2 Å². The Kier molecular flexibility index (Phi) is 14.5. The first kappa shape index (κ1) is 22.0. The normalized spacial score (nSPS) is 12.3. The molecular weight excluding hydrogens is 266 g/mol. The fraction of sp³-hybridized carbons (Fsp3) is 1.00. The van der Waals surface area contributed by atoms with E-state index in [4.69, 9.17) is 0 Å². The Morgan fingerprint density at radius 2 is 0.955 bits per heavy atom. The number of rotatable bonds is 16. The van der Waals surface area contributed by atoms with Crippen LogP contribution in [0, 0.1) is 0 Å². The molecule has 0 fully saturated rings. The molecule has 0 bridgehead atoms. The summed E-state index contributed by atoms with van der Waals surface area (Å²) in [5.41, 5.74) is 0. The maximum Gasteiger partial charge on any atom is 0.0886 e. The van der Waals surface area contributed by atoms with Gasteiger partial charge in [0.2, 0.25) is 0 Å². The van der Waals surface area contributed by atoms with Gasteiger partial charge in [0.25, 0.3) is 0 Å². The summed E-state index contributed by atoms with van der Waals surface area (Å²) in [5.74, 6) is 0. The molecule has 0 aromatic heterocycles. The minimum absolute atomic E-state index is 0.898. The Morgan fingerprint density at radius 1 is 0.545 bits per heavy atom. The van der Waals surface area contributed by atoms with Gasteiger partial charge in [-0.2, -0.15) is 0 Å². The fourth-order valence-corrected chi connectivity index (χ4v) is 3.59. The Morgan fingerprint density at radius 3 is 1.36 bits per heavy atom. The van der Waals surface area contributed by atoms with Gasteiger partial charge in [0, 0.05) is 0 Å². The molecule has 0 aliphatic rings. The molecule has 0 aliphatic heterocycles. The third kappa shape index (κ3) is 11.5. The van der Waals surface area contributed by atoms with E-state index >= 15 is 0 Å². The van der Waals surface area contributed by atoms with Crippen LogP contribution in [0.3, 0.4) is 0 Å². The van der Waals surface area contributed by atoms with Gasteiger partial charge in [-0.25, -0.2) is 0 Å². The van der Waals surface area contributed by atoms with E-state index in [1.54, 1.807) is 0 Å². The van der Waals surface area contributed by atoms with Gasteiger partial charge in [-0.05, 0) is 38.5 Å². The third-order valence-electron chi connectivity index (χ3n) is 5.36. The van der Waals surface area contributed by atoms with Crippen LogP contribution < -0.4 is 0 Å². The highest BCUT2D eigenvalue weighted by Crippen LogP contribution is 2.22. The SMILES string of the molecule is CCCCCCC(CCCCCC)[N+](C)(C)CCCCCC. The topological polar surface area (TPSA) is 0 Å². The lowest BCUT2D eigenvalue weighted by molar-refractivity contribution is -0.916. The van der Waals surface area contributed by atoms with Gasteiger partial charge < -0.3 is 4.48 Å². The summed E-state index contributed by atoms with van der Waals surface area (Å²) in [5, 5.41) is 0. The predicted octanol–water partition coefficient (Wildman–Crippen LogP) is 6.95. The van der Waals surface area contributed by atoms with E-state index in [2.05, 4.69) is 34.9 Å². The second kappa shape index (κ2) is 14.5. The van der Waals surface area contributed by atoms with Gasteiger partial charge in [0.05, 0.1) is 26.7 Å². The summed E-state index contributed by atoms with van der Waals surface area (Å²) in [6, 6.07) is 0.898. The number of quaternary nitrogens is 1. The second-order valence-corrected chi connectivity index (χ2v) is 7.92. The van der Waals surface area contributed by atoms with E-state index in [0.29, 0.717) is 0 Å². The van der Waals surface area contributed by atoms with E-state index < -0.39 is 0 Å². The van der Waals surface area contributed by atoms with Crippen molar-refractivity contribution < 1.29 is 4.48 Å². The first-order valence-electron chi connectivity index (χ1n) is 10.4. The lowest BCUT2D eigenvalue weighted by Crippen LogP contribution is -2.49. The predicted molar refractivity (Wildman–Crippen MR) is 102 cm³/mol. The first-order valence-corrected chi connectivity index (χ1v) is 10.4. The fourth-order valence-electron chi connectivity index (χ4n) is 3.59. The van der Waals surface area contributed by atoms with Crippen molar-refractivity contribution in [2.45, 2.75) is 117 Å². The molecule has 0 heterocycles. The summed E-state index contributed by atoms with van der Waals surface area (Å²) in [4.78, 5) is 0. The molecule has 1 heteroatoms. The van der Waals surface area contributed by atoms with Crippen molar-refractivity contribution in [3.05, 3.63) is 0 Å². The van der Waals surface area contributed by atoms with Crippen molar-refractivity contribution in [3.8, 4) is 0 Å². The molecule has 0 radical (unpaired) electrons. The lowest BCUT2D eigenvalue weighted by Gasteiger charge is -2.39. The van der Waals surface area contributed by atoms with E-state index in [-0.39, 0.29) is 0 Å². The van der Waals surface area contributed by atoms with Gasteiger partial charge in [0.15, 0.2) is 0 Å². The van der Waals surface area contributed by atoms with Crippen molar-refractivity contribution >= 4 is 0 Å². The van der Waals surface area contributed by atoms with Gasteiger partial charge in [-0.3, -0.25) is 0 Å². The minimum Gasteiger partial charge on any atom is -0.326 e. The highest BCUT2D eigenvalue weighted by Gasteiger charge is 2.26. The molecule has 134 valence electrons. The molecule has 0 aromatic rings. The van der Waals surface area contributed by atoms with Crippen molar-refractivity contribution in [1.82, 2.24) is 0 Å². The van der Waals surface area contributed by atoms with Gasteiger partial charge in [-0.15, -0.1) is 0 Å². The Labute approximate surface area is 142 Å². The van der Waals surface area contributed by atoms with Crippen LogP contribution >= 0.6 is 0 Å². The summed E-state index contributed by atoms with van der Waals surface area (Å²) < 4.78 is 1.27. The number of hydrogen-bond donors (Lipinski definition) is 0. The zero-order chi connectivity index (χ0) is 16.7. The number of hydrogen-bond acceptors (Lipinski definition) is 0. The first-order chi connectivity index (χ1) is 10.6. The maximum absolute atomic E-state index is 2.50. The van der Waals surface area contributed by atoms with Crippen molar-refractivity contribution in [1.29, 1.82) is 0 Å². The Hall–Kier alpha value is -0.0400. The molecule has 22 heavy (non-hydrogen) atoms. The smallest absolute Gasteiger partial charge is 0.0886 e. The largest absolute Gasteiger partial charge is 0.326 e. The summed E-state index contributed by atoms with van der Waals surface area (Å²) in [6.07, 6.45) is 19.9. The van der Waals surface area contributed by atoms with E-state index in [9.17, 15) is 0 Å². The van der Waals surface area contributed by atoms with E-state index in [0.717, 1.165) is 6.04 Å². The molecule has 0 N–H and O–H groups in total. The van der Waals surface area contributed by atoms with Crippen LogP contribution in [0.1, 0.15) is 111 Å². The van der Waals surface area contributed by atoms with Crippen molar-refractivity contribution in [2.24, 2.45) is 0 Å². The standard InChI is InChI=1S/C21H46N/c1-6-9-12-15-18-21(19-16-13-10-7-2)22(4,5)20-17-14-11-8-3/h21H,6-20H2,1-5H3/q+1. The van der Waals surface area contributed by atoms with E-state index in [1.165, 1.54) is 101 Å². The summed E-state index contributed by atoms with van der Waals surface area (Å²) >= 11 is 0. The molecular formula is C21H46N+. The summed E-state index contributed by atoms with van der Waals surface area (Å²) in [6.45, 7) is 8.32. The lowest BCUT2D eigenvalue weighted by atomic mass is 9.97. The quantitative estimate of drug-likeness (QED) is 0.213. The van der Waals surface area contributed by atoms with Crippen LogP contribution in [0.15, 0.2) is 0 Å². The molecule has 0 atom stereocenters. The van der Waals surface area contributed by atoms with E-state index in [1.807, 2.05) is 0 Å². The molecule has 0 amide bonds. The van der Waals surface area contributed by atoms with Crippen LogP contribution in [0.5, 0.6) is 0 Å². The number of unbranched alkanes of at least 4 members (excludes halogenated alkanes) is 9. The third-order valence-corrected chi connectivity index (χ3v) is 5.36. The van der Waals surface area contributed by atoms with Crippen LogP contribution in [0.25, 0.3) is 0 Å². The monoisotopic (exact) mass is 312 g/mol. The van der Waals surface area contributed by atoms with Gasteiger partial charge in [-0.1, -0.05) is 72.1 Å². The molecule has 1 nitrogen and oxygen atoms in total. The zero-order valence-electron chi connectivity index (χ0n) is 16.6. The highest BCUT2D eigenvalue weighted by atomic mass is 15.3. The van der Waals surface area contributed by atoms with Crippen LogP contribution in [0.4, 0.5) is 0 Å². The van der Waals surface area contributed by atoms with Gasteiger partial charge >= 0.3 is 0 Å². The average Bonchev–Trinajstić information content (AvgIpc) is 2.50. The molecule has 0 aromatic carbocycles. The Bertz CT molecular complexity index is 210. The minimum atomic E-state index is 0.898. The van der Waals surface area contributed by atoms with Crippen molar-refractivity contribution in [2.75, 3.05) is 20.6 Å². The molecule has 0 saturated heterocycles. The maximum atomic E-state index is 2.50. The second-order valence-electron chi connectivity index (χ2n) is 7.92. The highest BCUT2D eigenvalue weighted by molar-refractivity contribution is 4.61. The van der Waals surface area contributed by atoms with Crippen LogP contribution in [-0.2, 0) is 0 Å². The van der Waals surface area contributed by atoms with Gasteiger partial charge in [0.1, 0.15) is 0 Å². The molecule has 0 aliphatic carbocycles. The summed E-state index contributed by atoms with van der Waals surface area (Å²) in [7, 11) is 4.99.